The molecule has 1 aliphatic carbocycles. The number of furan rings is 1. The Morgan fingerprint density at radius 2 is 2.31 bits per heavy atom. The summed E-state index contributed by atoms with van der Waals surface area (Å²) < 4.78 is 31.3. The maximum Gasteiger partial charge on any atom is 0.307 e. The third-order valence-corrected chi connectivity index (χ3v) is 3.11. The smallest absolute Gasteiger partial charge is 0.307 e. The highest BCUT2D eigenvalue weighted by molar-refractivity contribution is 5.71. The predicted octanol–water partition coefficient (Wildman–Crippen LogP) is 2.88. The van der Waals surface area contributed by atoms with E-state index >= 15 is 0 Å². The van der Waals surface area contributed by atoms with Crippen molar-refractivity contribution in [3.8, 4) is 0 Å². The fraction of sp³-hybridized carbons (Fsp3) is 0.545. The molecule has 1 fully saturated rings. The molecule has 0 bridgehead atoms. The fourth-order valence-electron chi connectivity index (χ4n) is 2.27. The Labute approximate surface area is 91.1 Å². The lowest BCUT2D eigenvalue weighted by Gasteiger charge is -2.33. The van der Waals surface area contributed by atoms with Gasteiger partial charge in [-0.25, -0.2) is 8.78 Å². The summed E-state index contributed by atoms with van der Waals surface area (Å²) in [5, 5.41) is 9.00. The number of hydrogen-bond donors (Lipinski definition) is 1. The molecule has 88 valence electrons. The lowest BCUT2D eigenvalue weighted by Crippen LogP contribution is -2.34. The van der Waals surface area contributed by atoms with E-state index in [0.29, 0.717) is 5.56 Å². The van der Waals surface area contributed by atoms with Gasteiger partial charge in [0.05, 0.1) is 18.4 Å². The summed E-state index contributed by atoms with van der Waals surface area (Å²) in [6.45, 7) is 0. The van der Waals surface area contributed by atoms with E-state index < -0.39 is 30.1 Å². The summed E-state index contributed by atoms with van der Waals surface area (Å²) in [7, 11) is 0. The van der Waals surface area contributed by atoms with Crippen LogP contribution < -0.4 is 0 Å². The molecule has 2 atom stereocenters. The second-order valence-corrected chi connectivity index (χ2v) is 4.21. The topological polar surface area (TPSA) is 50.4 Å². The van der Waals surface area contributed by atoms with Crippen molar-refractivity contribution in [2.24, 2.45) is 5.92 Å². The molecule has 0 radical (unpaired) electrons. The molecule has 1 N–H and O–H groups in total. The number of rotatable bonds is 2. The van der Waals surface area contributed by atoms with Gasteiger partial charge in [-0.1, -0.05) is 0 Å². The van der Waals surface area contributed by atoms with Gasteiger partial charge in [0, 0.05) is 18.8 Å². The maximum atomic E-state index is 13.3. The summed E-state index contributed by atoms with van der Waals surface area (Å²) >= 11 is 0. The second kappa shape index (κ2) is 3.88. The Balaban J connectivity index is 2.25. The summed E-state index contributed by atoms with van der Waals surface area (Å²) in [6.07, 6.45) is 1.98. The number of carboxylic acid groups (broad SMARTS) is 1. The molecule has 1 aromatic rings. The molecular formula is C11H12F2O3. The van der Waals surface area contributed by atoms with Crippen molar-refractivity contribution in [3.05, 3.63) is 24.2 Å². The zero-order valence-electron chi connectivity index (χ0n) is 8.53. The Morgan fingerprint density at radius 1 is 1.56 bits per heavy atom. The number of halogens is 2. The van der Waals surface area contributed by atoms with Gasteiger partial charge in [-0.05, 0) is 18.1 Å². The highest BCUT2D eigenvalue weighted by Crippen LogP contribution is 2.45. The molecule has 0 amide bonds. The van der Waals surface area contributed by atoms with E-state index in [-0.39, 0.29) is 12.8 Å². The van der Waals surface area contributed by atoms with Gasteiger partial charge in [-0.15, -0.1) is 0 Å². The Bertz CT molecular complexity index is 373. The monoisotopic (exact) mass is 230 g/mol. The van der Waals surface area contributed by atoms with Gasteiger partial charge in [-0.2, -0.15) is 0 Å². The van der Waals surface area contributed by atoms with E-state index in [2.05, 4.69) is 0 Å². The largest absolute Gasteiger partial charge is 0.481 e. The van der Waals surface area contributed by atoms with Crippen molar-refractivity contribution >= 4 is 5.97 Å². The van der Waals surface area contributed by atoms with Gasteiger partial charge in [0.2, 0.25) is 5.92 Å². The van der Waals surface area contributed by atoms with Crippen LogP contribution in [0.2, 0.25) is 0 Å². The van der Waals surface area contributed by atoms with Gasteiger partial charge >= 0.3 is 5.97 Å². The van der Waals surface area contributed by atoms with Crippen molar-refractivity contribution in [2.45, 2.75) is 31.1 Å². The minimum Gasteiger partial charge on any atom is -0.481 e. The third kappa shape index (κ3) is 2.08. The lowest BCUT2D eigenvalue weighted by atomic mass is 9.74. The Morgan fingerprint density at radius 3 is 2.88 bits per heavy atom. The van der Waals surface area contributed by atoms with Crippen LogP contribution >= 0.6 is 0 Å². The number of alkyl halides is 2. The quantitative estimate of drug-likeness (QED) is 0.849. The van der Waals surface area contributed by atoms with E-state index in [1.54, 1.807) is 6.07 Å². The second-order valence-electron chi connectivity index (χ2n) is 4.21. The van der Waals surface area contributed by atoms with Crippen LogP contribution in [0, 0.1) is 5.92 Å². The molecule has 1 heterocycles. The van der Waals surface area contributed by atoms with Crippen LogP contribution in [-0.4, -0.2) is 17.0 Å². The Kier molecular flexibility index (Phi) is 2.69. The zero-order chi connectivity index (χ0) is 11.8. The van der Waals surface area contributed by atoms with Crippen LogP contribution in [0.25, 0.3) is 0 Å². The minimum atomic E-state index is -2.77. The summed E-state index contributed by atoms with van der Waals surface area (Å²) in [5.74, 6) is -5.17. The van der Waals surface area contributed by atoms with E-state index in [1.807, 2.05) is 0 Å². The molecule has 5 heteroatoms. The molecule has 0 saturated heterocycles. The maximum absolute atomic E-state index is 13.3. The molecule has 1 aliphatic rings. The first-order chi connectivity index (χ1) is 7.49. The number of carbonyl (C=O) groups is 1. The Hall–Kier alpha value is -1.39. The van der Waals surface area contributed by atoms with Crippen molar-refractivity contribution in [1.29, 1.82) is 0 Å². The van der Waals surface area contributed by atoms with Crippen LogP contribution in [0.5, 0.6) is 0 Å². The van der Waals surface area contributed by atoms with Gasteiger partial charge in [0.25, 0.3) is 0 Å². The molecule has 2 rings (SSSR count). The minimum absolute atomic E-state index is 0.0121. The molecule has 2 unspecified atom stereocenters. The normalized spacial score (nSPS) is 28.9. The molecule has 16 heavy (non-hydrogen) atoms. The summed E-state index contributed by atoms with van der Waals surface area (Å²) in [6, 6.07) is 1.56. The van der Waals surface area contributed by atoms with Crippen LogP contribution in [0.1, 0.15) is 30.7 Å². The van der Waals surface area contributed by atoms with Gasteiger partial charge < -0.3 is 9.52 Å². The van der Waals surface area contributed by atoms with Crippen molar-refractivity contribution < 1.29 is 23.1 Å². The molecule has 1 saturated carbocycles. The highest BCUT2D eigenvalue weighted by Gasteiger charge is 2.45. The summed E-state index contributed by atoms with van der Waals surface area (Å²) in [4.78, 5) is 11.0. The third-order valence-electron chi connectivity index (χ3n) is 3.11. The first-order valence-corrected chi connectivity index (χ1v) is 5.12. The first-order valence-electron chi connectivity index (χ1n) is 5.12. The number of hydrogen-bond acceptors (Lipinski definition) is 2. The fourth-order valence-corrected chi connectivity index (χ4v) is 2.27. The first kappa shape index (κ1) is 11.1. The molecule has 3 nitrogen and oxygen atoms in total. The van der Waals surface area contributed by atoms with Crippen molar-refractivity contribution in [3.63, 3.8) is 0 Å². The van der Waals surface area contributed by atoms with Crippen LogP contribution in [0.15, 0.2) is 23.0 Å². The summed E-state index contributed by atoms with van der Waals surface area (Å²) in [5.41, 5.74) is 0.548. The molecular weight excluding hydrogens is 218 g/mol. The van der Waals surface area contributed by atoms with Gasteiger partial charge in [0.15, 0.2) is 0 Å². The number of carboxylic acids is 1. The highest BCUT2D eigenvalue weighted by atomic mass is 19.3. The number of aliphatic carboxylic acids is 1. The van der Waals surface area contributed by atoms with E-state index in [4.69, 9.17) is 9.52 Å². The van der Waals surface area contributed by atoms with E-state index in [0.717, 1.165) is 0 Å². The SMILES string of the molecule is O=C(O)C1CCC(F)(F)CC1c1ccoc1. The molecule has 0 aliphatic heterocycles. The molecule has 1 aromatic heterocycles. The van der Waals surface area contributed by atoms with Crippen LogP contribution in [0.3, 0.4) is 0 Å². The van der Waals surface area contributed by atoms with E-state index in [1.165, 1.54) is 12.5 Å². The van der Waals surface area contributed by atoms with Gasteiger partial charge in [-0.3, -0.25) is 4.79 Å². The predicted molar refractivity (Wildman–Crippen MR) is 51.4 cm³/mol. The average Bonchev–Trinajstić information content (AvgIpc) is 2.68. The van der Waals surface area contributed by atoms with Crippen molar-refractivity contribution in [1.82, 2.24) is 0 Å². The molecule has 0 aromatic carbocycles. The standard InChI is InChI=1S/C11H12F2O3/c12-11(13)3-1-8(10(14)15)9(5-11)7-2-4-16-6-7/h2,4,6,8-9H,1,3,5H2,(H,14,15). The van der Waals surface area contributed by atoms with Crippen LogP contribution in [-0.2, 0) is 4.79 Å². The average molecular weight is 230 g/mol. The van der Waals surface area contributed by atoms with Crippen molar-refractivity contribution in [2.75, 3.05) is 0 Å². The van der Waals surface area contributed by atoms with Gasteiger partial charge in [0.1, 0.15) is 0 Å². The molecule has 0 spiro atoms. The zero-order valence-corrected chi connectivity index (χ0v) is 8.53. The van der Waals surface area contributed by atoms with E-state index in [9.17, 15) is 13.6 Å². The lowest BCUT2D eigenvalue weighted by molar-refractivity contribution is -0.147. The van der Waals surface area contributed by atoms with Crippen LogP contribution in [0.4, 0.5) is 8.78 Å².